The zero-order chi connectivity index (χ0) is 20.1. The van der Waals surface area contributed by atoms with Crippen LogP contribution in [0.15, 0.2) is 60.8 Å². The zero-order valence-electron chi connectivity index (χ0n) is 15.0. The molecule has 2 amide bonds. The number of aromatic nitrogens is 1. The normalized spacial score (nSPS) is 10.4. The van der Waals surface area contributed by atoms with Crippen molar-refractivity contribution in [3.8, 4) is 0 Å². The third-order valence-electron chi connectivity index (χ3n) is 4.07. The van der Waals surface area contributed by atoms with Gasteiger partial charge in [0.15, 0.2) is 0 Å². The predicted octanol–water partition coefficient (Wildman–Crippen LogP) is 4.36. The highest BCUT2D eigenvalue weighted by atomic mass is 35.5. The first-order valence-corrected chi connectivity index (χ1v) is 8.86. The summed E-state index contributed by atoms with van der Waals surface area (Å²) in [6, 6.07) is 13.9. The maximum atomic E-state index is 12.9. The van der Waals surface area contributed by atoms with E-state index in [-0.39, 0.29) is 24.0 Å². The summed E-state index contributed by atoms with van der Waals surface area (Å²) in [5.74, 6) is -1.15. The van der Waals surface area contributed by atoms with Crippen LogP contribution >= 0.6 is 11.6 Å². The van der Waals surface area contributed by atoms with Crippen LogP contribution in [0.2, 0.25) is 5.02 Å². The number of carbonyl (C=O) groups is 2. The standard InChI is InChI=1S/C21H17ClFN3O2/c1-13-2-5-16(22)11-18(13)26-21(28)19-10-15(8-9-24-19)20(27)25-12-14-3-6-17(23)7-4-14/h2-11H,12H2,1H3,(H,25,27)(H,26,28). The molecular weight excluding hydrogens is 381 g/mol. The Morgan fingerprint density at radius 1 is 1.04 bits per heavy atom. The van der Waals surface area contributed by atoms with Gasteiger partial charge in [-0.05, 0) is 54.4 Å². The first kappa shape index (κ1) is 19.5. The quantitative estimate of drug-likeness (QED) is 0.671. The summed E-state index contributed by atoms with van der Waals surface area (Å²) in [7, 11) is 0. The first-order chi connectivity index (χ1) is 13.4. The SMILES string of the molecule is Cc1ccc(Cl)cc1NC(=O)c1cc(C(=O)NCc2ccc(F)cc2)ccn1. The van der Waals surface area contributed by atoms with Crippen LogP contribution in [-0.4, -0.2) is 16.8 Å². The van der Waals surface area contributed by atoms with Gasteiger partial charge in [0.2, 0.25) is 0 Å². The van der Waals surface area contributed by atoms with Crippen molar-refractivity contribution in [2.24, 2.45) is 0 Å². The van der Waals surface area contributed by atoms with E-state index in [2.05, 4.69) is 15.6 Å². The predicted molar refractivity (Wildman–Crippen MR) is 106 cm³/mol. The fraction of sp³-hybridized carbons (Fsp3) is 0.0952. The number of hydrogen-bond acceptors (Lipinski definition) is 3. The molecule has 3 rings (SSSR count). The van der Waals surface area contributed by atoms with Gasteiger partial charge in [0.25, 0.3) is 11.8 Å². The van der Waals surface area contributed by atoms with Crippen LogP contribution in [0.4, 0.5) is 10.1 Å². The average molecular weight is 398 g/mol. The maximum absolute atomic E-state index is 12.9. The average Bonchev–Trinajstić information content (AvgIpc) is 2.70. The van der Waals surface area contributed by atoms with E-state index in [0.717, 1.165) is 11.1 Å². The van der Waals surface area contributed by atoms with Crippen molar-refractivity contribution in [2.45, 2.75) is 13.5 Å². The third kappa shape index (κ3) is 4.92. The molecule has 0 atom stereocenters. The Hall–Kier alpha value is -3.25. The number of pyridine rings is 1. The minimum Gasteiger partial charge on any atom is -0.348 e. The van der Waals surface area contributed by atoms with E-state index in [0.29, 0.717) is 16.3 Å². The molecule has 0 aliphatic rings. The van der Waals surface area contributed by atoms with Crippen molar-refractivity contribution in [2.75, 3.05) is 5.32 Å². The van der Waals surface area contributed by atoms with E-state index in [1.807, 2.05) is 6.92 Å². The van der Waals surface area contributed by atoms with Gasteiger partial charge in [-0.15, -0.1) is 0 Å². The lowest BCUT2D eigenvalue weighted by atomic mass is 10.1. The van der Waals surface area contributed by atoms with E-state index in [1.165, 1.54) is 30.5 Å². The van der Waals surface area contributed by atoms with E-state index in [9.17, 15) is 14.0 Å². The molecule has 0 saturated heterocycles. The molecule has 3 aromatic rings. The van der Waals surface area contributed by atoms with Crippen molar-refractivity contribution in [3.05, 3.63) is 94.0 Å². The molecule has 0 spiro atoms. The molecule has 0 unspecified atom stereocenters. The number of rotatable bonds is 5. The zero-order valence-corrected chi connectivity index (χ0v) is 15.8. The van der Waals surface area contributed by atoms with Crippen LogP contribution in [0.1, 0.15) is 32.0 Å². The van der Waals surface area contributed by atoms with Crippen LogP contribution < -0.4 is 10.6 Å². The fourth-order valence-electron chi connectivity index (χ4n) is 2.50. The van der Waals surface area contributed by atoms with Crippen molar-refractivity contribution >= 4 is 29.1 Å². The van der Waals surface area contributed by atoms with Crippen LogP contribution in [0, 0.1) is 12.7 Å². The molecule has 0 bridgehead atoms. The Morgan fingerprint density at radius 3 is 2.54 bits per heavy atom. The number of carbonyl (C=O) groups excluding carboxylic acids is 2. The fourth-order valence-corrected chi connectivity index (χ4v) is 2.67. The lowest BCUT2D eigenvalue weighted by molar-refractivity contribution is 0.0951. The van der Waals surface area contributed by atoms with Gasteiger partial charge < -0.3 is 10.6 Å². The van der Waals surface area contributed by atoms with Crippen LogP contribution in [0.25, 0.3) is 0 Å². The highest BCUT2D eigenvalue weighted by molar-refractivity contribution is 6.31. The smallest absolute Gasteiger partial charge is 0.274 e. The second-order valence-corrected chi connectivity index (χ2v) is 6.59. The summed E-state index contributed by atoms with van der Waals surface area (Å²) in [4.78, 5) is 28.9. The third-order valence-corrected chi connectivity index (χ3v) is 4.30. The Kier molecular flexibility index (Phi) is 6.01. The number of benzene rings is 2. The van der Waals surface area contributed by atoms with Crippen molar-refractivity contribution in [1.82, 2.24) is 10.3 Å². The molecule has 2 aromatic carbocycles. The molecule has 0 saturated carbocycles. The van der Waals surface area contributed by atoms with E-state index < -0.39 is 5.91 Å². The van der Waals surface area contributed by atoms with Crippen molar-refractivity contribution in [1.29, 1.82) is 0 Å². The van der Waals surface area contributed by atoms with Crippen LogP contribution in [-0.2, 0) is 6.54 Å². The summed E-state index contributed by atoms with van der Waals surface area (Å²) in [5.41, 5.74) is 2.59. The Balaban J connectivity index is 1.68. The largest absolute Gasteiger partial charge is 0.348 e. The van der Waals surface area contributed by atoms with Gasteiger partial charge in [0.1, 0.15) is 11.5 Å². The van der Waals surface area contributed by atoms with Gasteiger partial charge in [-0.25, -0.2) is 4.39 Å². The number of amides is 2. The molecule has 0 aliphatic carbocycles. The number of nitrogens with zero attached hydrogens (tertiary/aromatic N) is 1. The van der Waals surface area contributed by atoms with Gasteiger partial charge in [-0.2, -0.15) is 0 Å². The topological polar surface area (TPSA) is 71.1 Å². The number of nitrogens with one attached hydrogen (secondary N) is 2. The lowest BCUT2D eigenvalue weighted by Gasteiger charge is -2.09. The number of hydrogen-bond donors (Lipinski definition) is 2. The Bertz CT molecular complexity index is 1020. The summed E-state index contributed by atoms with van der Waals surface area (Å²) in [6.07, 6.45) is 1.40. The summed E-state index contributed by atoms with van der Waals surface area (Å²) in [5, 5.41) is 5.97. The van der Waals surface area contributed by atoms with Crippen LogP contribution in [0.3, 0.4) is 0 Å². The van der Waals surface area contributed by atoms with Gasteiger partial charge in [-0.1, -0.05) is 29.8 Å². The highest BCUT2D eigenvalue weighted by Crippen LogP contribution is 2.20. The number of halogens is 2. The van der Waals surface area contributed by atoms with E-state index in [1.54, 1.807) is 30.3 Å². The van der Waals surface area contributed by atoms with Crippen molar-refractivity contribution in [3.63, 3.8) is 0 Å². The van der Waals surface area contributed by atoms with Gasteiger partial charge >= 0.3 is 0 Å². The molecule has 2 N–H and O–H groups in total. The number of anilines is 1. The monoisotopic (exact) mass is 397 g/mol. The van der Waals surface area contributed by atoms with E-state index in [4.69, 9.17) is 11.6 Å². The first-order valence-electron chi connectivity index (χ1n) is 8.48. The van der Waals surface area contributed by atoms with Gasteiger partial charge in [0.05, 0.1) is 0 Å². The van der Waals surface area contributed by atoms with Crippen LogP contribution in [0.5, 0.6) is 0 Å². The van der Waals surface area contributed by atoms with Crippen molar-refractivity contribution < 1.29 is 14.0 Å². The molecule has 0 fully saturated rings. The number of aryl methyl sites for hydroxylation is 1. The molecular formula is C21H17ClFN3O2. The second-order valence-electron chi connectivity index (χ2n) is 6.15. The van der Waals surface area contributed by atoms with Gasteiger partial charge in [-0.3, -0.25) is 14.6 Å². The van der Waals surface area contributed by atoms with Gasteiger partial charge in [0, 0.05) is 29.0 Å². The molecule has 28 heavy (non-hydrogen) atoms. The minimum absolute atomic E-state index is 0.105. The summed E-state index contributed by atoms with van der Waals surface area (Å²) in [6.45, 7) is 2.09. The molecule has 142 valence electrons. The minimum atomic E-state index is -0.446. The molecule has 0 aliphatic heterocycles. The molecule has 0 radical (unpaired) electrons. The Labute approximate surface area is 166 Å². The second kappa shape index (κ2) is 8.63. The highest BCUT2D eigenvalue weighted by Gasteiger charge is 2.13. The maximum Gasteiger partial charge on any atom is 0.274 e. The molecule has 7 heteroatoms. The molecule has 5 nitrogen and oxygen atoms in total. The molecule has 1 aromatic heterocycles. The van der Waals surface area contributed by atoms with E-state index >= 15 is 0 Å². The molecule has 1 heterocycles. The Morgan fingerprint density at radius 2 is 1.79 bits per heavy atom. The lowest BCUT2D eigenvalue weighted by Crippen LogP contribution is -2.23. The summed E-state index contributed by atoms with van der Waals surface area (Å²) >= 11 is 5.97. The summed E-state index contributed by atoms with van der Waals surface area (Å²) < 4.78 is 12.9.